The number of amides is 1. The summed E-state index contributed by atoms with van der Waals surface area (Å²) in [6.07, 6.45) is 1.06. The van der Waals surface area contributed by atoms with Crippen LogP contribution in [0, 0.1) is 5.92 Å². The van der Waals surface area contributed by atoms with Crippen molar-refractivity contribution in [1.82, 2.24) is 9.88 Å². The van der Waals surface area contributed by atoms with Crippen LogP contribution in [-0.4, -0.2) is 67.9 Å². The van der Waals surface area contributed by atoms with Crippen molar-refractivity contribution < 1.29 is 22.7 Å². The lowest BCUT2D eigenvalue weighted by atomic mass is 9.86. The number of rotatable bonds is 4. The number of alkyl halides is 3. The maximum absolute atomic E-state index is 13.8. The number of hydrogen-bond acceptors (Lipinski definition) is 6. The van der Waals surface area contributed by atoms with Crippen LogP contribution in [0.15, 0.2) is 36.5 Å². The molecule has 5 rings (SSSR count). The van der Waals surface area contributed by atoms with Crippen molar-refractivity contribution in [2.45, 2.75) is 44.5 Å². The molecule has 0 unspecified atom stereocenters. The number of fused-ring (bicyclic) bond motifs is 2. The van der Waals surface area contributed by atoms with Crippen LogP contribution in [0.25, 0.3) is 0 Å². The van der Waals surface area contributed by atoms with E-state index >= 15 is 0 Å². The molecular formula is C26H32F3N5O2. The first kappa shape index (κ1) is 24.8. The number of nitrogens with zero attached hydrogens (tertiary/aromatic N) is 4. The van der Waals surface area contributed by atoms with Gasteiger partial charge in [-0.05, 0) is 49.9 Å². The molecule has 3 heterocycles. The second-order valence-corrected chi connectivity index (χ2v) is 9.85. The zero-order chi connectivity index (χ0) is 25.3. The molecule has 0 radical (unpaired) electrons. The Morgan fingerprint density at radius 1 is 1.11 bits per heavy atom. The lowest BCUT2D eigenvalue weighted by Crippen LogP contribution is -2.49. The second kappa shape index (κ2) is 10.3. The van der Waals surface area contributed by atoms with Gasteiger partial charge in [0.15, 0.2) is 0 Å². The quantitative estimate of drug-likeness (QED) is 0.660. The lowest BCUT2D eigenvalue weighted by molar-refractivity contribution is -0.146. The molecule has 2 fully saturated rings. The Hall–Kier alpha value is -2.85. The number of methoxy groups -OCH3 is 1. The third-order valence-electron chi connectivity index (χ3n) is 7.51. The third kappa shape index (κ3) is 5.44. The molecule has 1 aromatic carbocycles. The van der Waals surface area contributed by atoms with E-state index in [1.807, 2.05) is 35.2 Å². The van der Waals surface area contributed by atoms with Gasteiger partial charge >= 0.3 is 6.18 Å². The minimum atomic E-state index is -4.19. The van der Waals surface area contributed by atoms with Crippen LogP contribution in [-0.2, 0) is 16.1 Å². The maximum atomic E-state index is 13.8. The Bertz CT molecular complexity index is 1080. The van der Waals surface area contributed by atoms with Crippen molar-refractivity contribution in [3.05, 3.63) is 42.1 Å². The van der Waals surface area contributed by atoms with Crippen LogP contribution in [0.3, 0.4) is 0 Å². The molecular weight excluding hydrogens is 471 g/mol. The number of anilines is 4. The molecule has 0 atom stereocenters. The number of pyridine rings is 1. The molecule has 0 bridgehead atoms. The topological polar surface area (TPSA) is 60.9 Å². The number of hydrogen-bond donors (Lipinski definition) is 1. The molecule has 2 aliphatic heterocycles. The zero-order valence-electron chi connectivity index (χ0n) is 20.4. The summed E-state index contributed by atoms with van der Waals surface area (Å²) in [6, 6.07) is 9.75. The highest BCUT2D eigenvalue weighted by atomic mass is 19.4. The number of ether oxygens (including phenoxy) is 1. The fourth-order valence-electron chi connectivity index (χ4n) is 5.49. The molecule has 1 saturated carbocycles. The summed E-state index contributed by atoms with van der Waals surface area (Å²) in [6.45, 7) is 1.21. The van der Waals surface area contributed by atoms with Crippen molar-refractivity contribution in [1.29, 1.82) is 0 Å². The van der Waals surface area contributed by atoms with Crippen LogP contribution in [0.1, 0.15) is 31.2 Å². The van der Waals surface area contributed by atoms with Gasteiger partial charge in [-0.2, -0.15) is 13.2 Å². The first-order chi connectivity index (χ1) is 17.3. The van der Waals surface area contributed by atoms with Gasteiger partial charge in [-0.15, -0.1) is 0 Å². The van der Waals surface area contributed by atoms with Gasteiger partial charge in [0.2, 0.25) is 5.91 Å². The number of carbonyl (C=O) groups is 1. The van der Waals surface area contributed by atoms with Crippen LogP contribution in [0.5, 0.6) is 0 Å². The number of carbonyl (C=O) groups excluding carboxylic acids is 1. The predicted octanol–water partition coefficient (Wildman–Crippen LogP) is 4.56. The average molecular weight is 504 g/mol. The fraction of sp³-hybridized carbons (Fsp3) is 0.538. The third-order valence-corrected chi connectivity index (χ3v) is 7.51. The van der Waals surface area contributed by atoms with E-state index in [4.69, 9.17) is 4.74 Å². The first-order valence-corrected chi connectivity index (χ1v) is 12.5. The maximum Gasteiger partial charge on any atom is 0.401 e. The summed E-state index contributed by atoms with van der Waals surface area (Å²) in [5.74, 6) is 0.749. The highest BCUT2D eigenvalue weighted by Crippen LogP contribution is 2.40. The van der Waals surface area contributed by atoms with Crippen molar-refractivity contribution >= 4 is 28.8 Å². The number of nitrogens with one attached hydrogen (secondary N) is 1. The molecule has 1 saturated heterocycles. The summed E-state index contributed by atoms with van der Waals surface area (Å²) in [7, 11) is 1.72. The Balaban J connectivity index is 1.40. The molecule has 36 heavy (non-hydrogen) atoms. The number of halogens is 3. The zero-order valence-corrected chi connectivity index (χ0v) is 20.4. The Kier molecular flexibility index (Phi) is 7.07. The second-order valence-electron chi connectivity index (χ2n) is 9.85. The Morgan fingerprint density at radius 2 is 1.86 bits per heavy atom. The average Bonchev–Trinajstić information content (AvgIpc) is 3.04. The van der Waals surface area contributed by atoms with Crippen LogP contribution in [0.2, 0.25) is 0 Å². The largest absolute Gasteiger partial charge is 0.401 e. The minimum absolute atomic E-state index is 0.0722. The molecule has 1 amide bonds. The van der Waals surface area contributed by atoms with E-state index in [2.05, 4.69) is 15.2 Å². The van der Waals surface area contributed by atoms with Gasteiger partial charge in [-0.25, -0.2) is 4.98 Å². The van der Waals surface area contributed by atoms with Crippen molar-refractivity contribution in [2.24, 2.45) is 5.92 Å². The standard InChI is InChI=1S/C26H32F3N5O2/c1-36-21-7-4-18(5-8-21)25(35)34-16-19-3-2-10-30-24(19)31-22-9-6-20(15-23(22)34)33-13-11-32(12-14-33)17-26(27,28)29/h2-3,6,9-10,15,18,21H,4-5,7-8,11-14,16-17H2,1H3,(H,30,31)/t18-,21+. The number of piperazine rings is 1. The van der Waals surface area contributed by atoms with Crippen LogP contribution >= 0.6 is 0 Å². The smallest absolute Gasteiger partial charge is 0.381 e. The van der Waals surface area contributed by atoms with E-state index in [0.717, 1.165) is 54.1 Å². The SMILES string of the molecule is CO[C@H]1CC[C@@H](C(=O)N2Cc3cccnc3Nc3ccc(N4CCN(CC(F)(F)F)CC4)cc32)CC1. The van der Waals surface area contributed by atoms with Gasteiger partial charge in [0.05, 0.1) is 30.6 Å². The molecule has 1 N–H and O–H groups in total. The normalized spacial score (nSPS) is 22.9. The first-order valence-electron chi connectivity index (χ1n) is 12.5. The van der Waals surface area contributed by atoms with Crippen molar-refractivity contribution in [3.63, 3.8) is 0 Å². The van der Waals surface area contributed by atoms with Gasteiger partial charge in [0.25, 0.3) is 0 Å². The molecule has 7 nitrogen and oxygen atoms in total. The van der Waals surface area contributed by atoms with E-state index in [1.54, 1.807) is 13.3 Å². The van der Waals surface area contributed by atoms with E-state index in [1.165, 1.54) is 4.90 Å². The van der Waals surface area contributed by atoms with E-state index in [0.29, 0.717) is 32.7 Å². The van der Waals surface area contributed by atoms with Crippen LogP contribution < -0.4 is 15.1 Å². The predicted molar refractivity (Wildman–Crippen MR) is 133 cm³/mol. The molecule has 194 valence electrons. The van der Waals surface area contributed by atoms with Gasteiger partial charge < -0.3 is 19.9 Å². The van der Waals surface area contributed by atoms with Gasteiger partial charge in [0, 0.05) is 56.7 Å². The highest BCUT2D eigenvalue weighted by Gasteiger charge is 2.34. The molecule has 2 aromatic rings. The van der Waals surface area contributed by atoms with E-state index < -0.39 is 12.7 Å². The Labute approximate surface area is 209 Å². The van der Waals surface area contributed by atoms with Gasteiger partial charge in [-0.3, -0.25) is 9.69 Å². The monoisotopic (exact) mass is 503 g/mol. The summed E-state index contributed by atoms with van der Waals surface area (Å²) in [5.41, 5.74) is 3.42. The lowest BCUT2D eigenvalue weighted by Gasteiger charge is -2.37. The molecule has 3 aliphatic rings. The fourth-order valence-corrected chi connectivity index (χ4v) is 5.49. The summed E-state index contributed by atoms with van der Waals surface area (Å²) in [5, 5.41) is 3.39. The van der Waals surface area contributed by atoms with E-state index in [9.17, 15) is 18.0 Å². The molecule has 1 aliphatic carbocycles. The van der Waals surface area contributed by atoms with Gasteiger partial charge in [-0.1, -0.05) is 6.07 Å². The number of aromatic nitrogens is 1. The van der Waals surface area contributed by atoms with Gasteiger partial charge in [0.1, 0.15) is 5.82 Å². The Morgan fingerprint density at radius 3 is 2.56 bits per heavy atom. The summed E-state index contributed by atoms with van der Waals surface area (Å²) >= 11 is 0. The summed E-state index contributed by atoms with van der Waals surface area (Å²) < 4.78 is 43.9. The van der Waals surface area contributed by atoms with E-state index in [-0.39, 0.29) is 17.9 Å². The van der Waals surface area contributed by atoms with Crippen molar-refractivity contribution in [3.8, 4) is 0 Å². The molecule has 1 aromatic heterocycles. The minimum Gasteiger partial charge on any atom is -0.381 e. The van der Waals surface area contributed by atoms with Crippen molar-refractivity contribution in [2.75, 3.05) is 55.0 Å². The number of benzene rings is 1. The molecule has 10 heteroatoms. The summed E-state index contributed by atoms with van der Waals surface area (Å²) in [4.78, 5) is 23.7. The van der Waals surface area contributed by atoms with Crippen LogP contribution in [0.4, 0.5) is 36.1 Å². The molecule has 0 spiro atoms. The highest BCUT2D eigenvalue weighted by molar-refractivity contribution is 6.00.